The van der Waals surface area contributed by atoms with Gasteiger partial charge in [-0.3, -0.25) is 9.59 Å². The number of ether oxygens (including phenoxy) is 1. The van der Waals surface area contributed by atoms with Gasteiger partial charge in [-0.25, -0.2) is 0 Å². The Kier molecular flexibility index (Phi) is 3.93. The molecule has 2 fully saturated rings. The molecule has 2 aromatic rings. The molecule has 2 bridgehead atoms. The predicted octanol–water partition coefficient (Wildman–Crippen LogP) is 2.24. The van der Waals surface area contributed by atoms with E-state index in [0.29, 0.717) is 18.8 Å². The Hall–Kier alpha value is -2.93. The normalized spacial score (nSPS) is 29.6. The van der Waals surface area contributed by atoms with Crippen LogP contribution in [0.4, 0.5) is 5.69 Å². The number of aromatic nitrogens is 1. The van der Waals surface area contributed by atoms with E-state index in [9.17, 15) is 9.59 Å². The summed E-state index contributed by atoms with van der Waals surface area (Å²) >= 11 is 0. The SMILES string of the molecule is Cc1ccc(N2C[C@]34C=C[C@H](O3)[C@H](C(=O)N(C)Cc3ccon3)[C@H]4C2=O)cc1C. The molecule has 3 aliphatic rings. The zero-order chi connectivity index (χ0) is 20.3. The highest BCUT2D eigenvalue weighted by Crippen LogP contribution is 2.53. The molecule has 1 spiro atoms. The predicted molar refractivity (Wildman–Crippen MR) is 105 cm³/mol. The highest BCUT2D eigenvalue weighted by molar-refractivity contribution is 6.03. The van der Waals surface area contributed by atoms with Crippen LogP contribution >= 0.6 is 0 Å². The molecule has 29 heavy (non-hydrogen) atoms. The number of nitrogens with zero attached hydrogens (tertiary/aromatic N) is 3. The summed E-state index contributed by atoms with van der Waals surface area (Å²) < 4.78 is 11.1. The van der Waals surface area contributed by atoms with E-state index in [2.05, 4.69) is 5.16 Å². The first kappa shape index (κ1) is 18.1. The highest BCUT2D eigenvalue weighted by atomic mass is 16.5. The number of hydrogen-bond donors (Lipinski definition) is 0. The molecule has 4 atom stereocenters. The van der Waals surface area contributed by atoms with Gasteiger partial charge in [-0.05, 0) is 37.1 Å². The van der Waals surface area contributed by atoms with E-state index in [0.717, 1.165) is 11.3 Å². The molecule has 2 saturated heterocycles. The molecule has 1 aromatic carbocycles. The average molecular weight is 393 g/mol. The first-order valence-electron chi connectivity index (χ1n) is 9.80. The Morgan fingerprint density at radius 2 is 2.14 bits per heavy atom. The lowest BCUT2D eigenvalue weighted by Crippen LogP contribution is -2.44. The van der Waals surface area contributed by atoms with Crippen molar-refractivity contribution in [3.05, 3.63) is 59.5 Å². The summed E-state index contributed by atoms with van der Waals surface area (Å²) in [6, 6.07) is 7.73. The number of rotatable bonds is 4. The van der Waals surface area contributed by atoms with Gasteiger partial charge in [-0.1, -0.05) is 23.4 Å². The quantitative estimate of drug-likeness (QED) is 0.745. The number of anilines is 1. The number of fused-ring (bicyclic) bond motifs is 1. The van der Waals surface area contributed by atoms with Gasteiger partial charge in [-0.15, -0.1) is 0 Å². The van der Waals surface area contributed by atoms with Gasteiger partial charge in [0, 0.05) is 18.8 Å². The smallest absolute Gasteiger partial charge is 0.234 e. The third-order valence-corrected chi connectivity index (χ3v) is 6.45. The fraction of sp³-hybridized carbons (Fsp3) is 0.409. The molecule has 5 rings (SSSR count). The fourth-order valence-electron chi connectivity index (χ4n) is 4.79. The van der Waals surface area contributed by atoms with Gasteiger partial charge in [0.25, 0.3) is 0 Å². The lowest BCUT2D eigenvalue weighted by Gasteiger charge is -2.27. The summed E-state index contributed by atoms with van der Waals surface area (Å²) in [6.07, 6.45) is 5.02. The second-order valence-corrected chi connectivity index (χ2v) is 8.28. The zero-order valence-electron chi connectivity index (χ0n) is 16.7. The maximum Gasteiger partial charge on any atom is 0.234 e. The Labute approximate surface area is 168 Å². The molecule has 0 aliphatic carbocycles. The molecule has 0 radical (unpaired) electrons. The maximum atomic E-state index is 13.4. The van der Waals surface area contributed by atoms with Crippen LogP contribution in [-0.4, -0.2) is 47.2 Å². The van der Waals surface area contributed by atoms with Crippen molar-refractivity contribution in [2.45, 2.75) is 32.1 Å². The number of carbonyl (C=O) groups excluding carboxylic acids is 2. The van der Waals surface area contributed by atoms with Crippen molar-refractivity contribution in [1.29, 1.82) is 0 Å². The standard InChI is InChI=1S/C22H23N3O4/c1-13-4-5-16(10-14(13)2)25-12-22-8-6-17(29-22)18(19(22)21(25)27)20(26)24(3)11-15-7-9-28-23-15/h4-10,17-19H,11-12H2,1-3H3/t17-,18-,19-,22-/m0/s1. The van der Waals surface area contributed by atoms with Crippen LogP contribution in [0, 0.1) is 25.7 Å². The van der Waals surface area contributed by atoms with Crippen LogP contribution in [0.2, 0.25) is 0 Å². The highest BCUT2D eigenvalue weighted by Gasteiger charge is 2.67. The summed E-state index contributed by atoms with van der Waals surface area (Å²) in [5.41, 5.74) is 3.10. The van der Waals surface area contributed by atoms with E-state index in [1.54, 1.807) is 22.9 Å². The molecule has 150 valence electrons. The minimum Gasteiger partial charge on any atom is -0.364 e. The van der Waals surface area contributed by atoms with E-state index in [4.69, 9.17) is 9.26 Å². The average Bonchev–Trinajstić information content (AvgIpc) is 3.46. The van der Waals surface area contributed by atoms with Crippen molar-refractivity contribution < 1.29 is 18.8 Å². The summed E-state index contributed by atoms with van der Waals surface area (Å²) in [5.74, 6) is -1.19. The Morgan fingerprint density at radius 1 is 1.31 bits per heavy atom. The molecule has 2 amide bonds. The number of aryl methyl sites for hydroxylation is 2. The fourth-order valence-corrected chi connectivity index (χ4v) is 4.79. The number of hydrogen-bond acceptors (Lipinski definition) is 5. The van der Waals surface area contributed by atoms with Crippen LogP contribution in [0.15, 0.2) is 47.2 Å². The first-order valence-corrected chi connectivity index (χ1v) is 9.80. The monoisotopic (exact) mass is 393 g/mol. The lowest BCUT2D eigenvalue weighted by molar-refractivity contribution is -0.139. The molecule has 4 heterocycles. The van der Waals surface area contributed by atoms with Crippen LogP contribution in [0.3, 0.4) is 0 Å². The summed E-state index contributed by atoms with van der Waals surface area (Å²) in [6.45, 7) is 4.84. The third-order valence-electron chi connectivity index (χ3n) is 6.45. The van der Waals surface area contributed by atoms with E-state index in [1.807, 2.05) is 44.2 Å². The topological polar surface area (TPSA) is 75.9 Å². The summed E-state index contributed by atoms with van der Waals surface area (Å²) in [4.78, 5) is 30.1. The van der Waals surface area contributed by atoms with Crippen molar-refractivity contribution in [1.82, 2.24) is 10.1 Å². The second kappa shape index (κ2) is 6.29. The van der Waals surface area contributed by atoms with Crippen molar-refractivity contribution in [3.63, 3.8) is 0 Å². The lowest BCUT2D eigenvalue weighted by atomic mass is 9.76. The number of carbonyl (C=O) groups is 2. The molecule has 7 heteroatoms. The third kappa shape index (κ3) is 2.64. The van der Waals surface area contributed by atoms with Gasteiger partial charge in [0.2, 0.25) is 11.8 Å². The van der Waals surface area contributed by atoms with Crippen LogP contribution in [0.25, 0.3) is 0 Å². The molecular formula is C22H23N3O4. The molecule has 3 aliphatic heterocycles. The summed E-state index contributed by atoms with van der Waals surface area (Å²) in [7, 11) is 1.72. The summed E-state index contributed by atoms with van der Waals surface area (Å²) in [5, 5.41) is 3.87. The molecule has 0 unspecified atom stereocenters. The van der Waals surface area contributed by atoms with Crippen molar-refractivity contribution in [3.8, 4) is 0 Å². The molecule has 1 aromatic heterocycles. The molecule has 0 N–H and O–H groups in total. The number of benzene rings is 1. The van der Waals surface area contributed by atoms with E-state index in [1.165, 1.54) is 11.8 Å². The van der Waals surface area contributed by atoms with Crippen LogP contribution in [0.5, 0.6) is 0 Å². The van der Waals surface area contributed by atoms with Crippen LogP contribution in [-0.2, 0) is 20.9 Å². The zero-order valence-corrected chi connectivity index (χ0v) is 16.7. The Balaban J connectivity index is 1.43. The number of amides is 2. The Morgan fingerprint density at radius 3 is 2.86 bits per heavy atom. The van der Waals surface area contributed by atoms with Crippen LogP contribution < -0.4 is 4.90 Å². The molecule has 7 nitrogen and oxygen atoms in total. The minimum atomic E-state index is -0.727. The molecular weight excluding hydrogens is 370 g/mol. The van der Waals surface area contributed by atoms with E-state index >= 15 is 0 Å². The molecule has 0 saturated carbocycles. The van der Waals surface area contributed by atoms with Crippen molar-refractivity contribution in [2.24, 2.45) is 11.8 Å². The second-order valence-electron chi connectivity index (χ2n) is 8.28. The Bertz CT molecular complexity index is 1020. The maximum absolute atomic E-state index is 13.4. The van der Waals surface area contributed by atoms with Crippen molar-refractivity contribution in [2.75, 3.05) is 18.5 Å². The van der Waals surface area contributed by atoms with Gasteiger partial charge in [0.1, 0.15) is 17.6 Å². The van der Waals surface area contributed by atoms with Crippen molar-refractivity contribution >= 4 is 17.5 Å². The van der Waals surface area contributed by atoms with Gasteiger partial charge in [-0.2, -0.15) is 0 Å². The van der Waals surface area contributed by atoms with Gasteiger partial charge in [0.05, 0.1) is 31.0 Å². The largest absolute Gasteiger partial charge is 0.364 e. The van der Waals surface area contributed by atoms with Gasteiger partial charge in [0.15, 0.2) is 0 Å². The van der Waals surface area contributed by atoms with E-state index < -0.39 is 17.4 Å². The van der Waals surface area contributed by atoms with Gasteiger partial charge >= 0.3 is 0 Å². The van der Waals surface area contributed by atoms with Crippen LogP contribution in [0.1, 0.15) is 16.8 Å². The minimum absolute atomic E-state index is 0.0479. The van der Waals surface area contributed by atoms with Gasteiger partial charge < -0.3 is 19.1 Å². The first-order chi connectivity index (χ1) is 13.9. The van der Waals surface area contributed by atoms with E-state index in [-0.39, 0.29) is 17.9 Å².